The molecule has 0 spiro atoms. The van der Waals surface area contributed by atoms with Crippen molar-refractivity contribution in [2.24, 2.45) is 5.92 Å². The van der Waals surface area contributed by atoms with Crippen LogP contribution >= 0.6 is 11.8 Å². The topological polar surface area (TPSA) is 43.6 Å². The molecule has 0 radical (unpaired) electrons. The highest BCUT2D eigenvalue weighted by atomic mass is 32.2. The number of ether oxygens (including phenoxy) is 1. The number of esters is 1. The first-order valence-corrected chi connectivity index (χ1v) is 12.9. The quantitative estimate of drug-likeness (QED) is 0.173. The molecule has 2 heterocycles. The molecule has 0 saturated heterocycles. The van der Waals surface area contributed by atoms with E-state index >= 15 is 0 Å². The maximum atomic E-state index is 12.2. The highest BCUT2D eigenvalue weighted by Gasteiger charge is 2.12. The van der Waals surface area contributed by atoms with Crippen molar-refractivity contribution in [1.29, 1.82) is 0 Å². The van der Waals surface area contributed by atoms with Gasteiger partial charge in [-0.1, -0.05) is 69.5 Å². The third kappa shape index (κ3) is 5.77. The van der Waals surface area contributed by atoms with Crippen LogP contribution in [0.1, 0.15) is 46.0 Å². The van der Waals surface area contributed by atoms with Gasteiger partial charge < -0.3 is 4.74 Å². The van der Waals surface area contributed by atoms with Crippen molar-refractivity contribution < 1.29 is 9.53 Å². The Hall–Kier alpha value is -2.79. The van der Waals surface area contributed by atoms with Gasteiger partial charge in [0.2, 0.25) is 0 Å². The second-order valence-corrected chi connectivity index (χ2v) is 9.62. The van der Waals surface area contributed by atoms with Crippen LogP contribution in [-0.4, -0.2) is 27.7 Å². The number of nitrogens with zero attached hydrogens (tertiary/aromatic N) is 2. The number of carbonyl (C=O) groups excluding carboxylic acids is 1. The monoisotopic (exact) mass is 460 g/mol. The standard InChI is InChI=1S/C28H32N2O2S/c1-3-5-9-21(4-2)20-32-28(31)14-17-33-23-12-13-24-25(22-10-7-6-8-11-22)19-27-29-15-16-30(27)26(24)18-23/h6-8,10-13,15-16,18-19,21H,3-5,9,14,17,20H2,1-2H3. The highest BCUT2D eigenvalue weighted by molar-refractivity contribution is 7.99. The number of hydrogen-bond donors (Lipinski definition) is 0. The molecule has 2 aromatic carbocycles. The van der Waals surface area contributed by atoms with E-state index in [9.17, 15) is 4.79 Å². The molecule has 0 aliphatic carbocycles. The average molecular weight is 461 g/mol. The largest absolute Gasteiger partial charge is 0.465 e. The minimum absolute atomic E-state index is 0.0957. The van der Waals surface area contributed by atoms with E-state index in [2.05, 4.69) is 71.8 Å². The van der Waals surface area contributed by atoms with Gasteiger partial charge in [0.05, 0.1) is 18.5 Å². The van der Waals surface area contributed by atoms with Gasteiger partial charge in [0.15, 0.2) is 0 Å². The summed E-state index contributed by atoms with van der Waals surface area (Å²) in [6, 6.07) is 19.1. The molecule has 4 nitrogen and oxygen atoms in total. The van der Waals surface area contributed by atoms with Crippen molar-refractivity contribution in [3.05, 3.63) is 67.0 Å². The Morgan fingerprint density at radius 1 is 1.12 bits per heavy atom. The maximum Gasteiger partial charge on any atom is 0.306 e. The molecule has 0 aliphatic rings. The number of benzene rings is 2. The van der Waals surface area contributed by atoms with E-state index in [0.29, 0.717) is 24.7 Å². The number of imidazole rings is 1. The fourth-order valence-electron chi connectivity index (χ4n) is 4.15. The minimum atomic E-state index is -0.0957. The lowest BCUT2D eigenvalue weighted by Crippen LogP contribution is -2.14. The smallest absolute Gasteiger partial charge is 0.306 e. The van der Waals surface area contributed by atoms with E-state index < -0.39 is 0 Å². The Kier molecular flexibility index (Phi) is 8.05. The van der Waals surface area contributed by atoms with Crippen molar-refractivity contribution in [3.8, 4) is 11.1 Å². The number of unbranched alkanes of at least 4 members (excludes halogenated alkanes) is 1. The van der Waals surface area contributed by atoms with Crippen LogP contribution in [0.5, 0.6) is 0 Å². The number of carbonyl (C=O) groups is 1. The fraction of sp³-hybridized carbons (Fsp3) is 0.357. The summed E-state index contributed by atoms with van der Waals surface area (Å²) in [5.41, 5.74) is 4.41. The summed E-state index contributed by atoms with van der Waals surface area (Å²) in [5, 5.41) is 1.19. The van der Waals surface area contributed by atoms with Gasteiger partial charge in [-0.05, 0) is 41.7 Å². The molecule has 0 saturated carbocycles. The third-order valence-corrected chi connectivity index (χ3v) is 7.14. The number of aromatic nitrogens is 2. The first-order chi connectivity index (χ1) is 16.2. The Balaban J connectivity index is 1.44. The molecule has 1 unspecified atom stereocenters. The zero-order valence-corrected chi connectivity index (χ0v) is 20.3. The van der Waals surface area contributed by atoms with E-state index in [1.54, 1.807) is 11.8 Å². The Labute approximate surface area is 200 Å². The molecule has 0 bridgehead atoms. The normalized spacial score (nSPS) is 12.3. The summed E-state index contributed by atoms with van der Waals surface area (Å²) in [7, 11) is 0. The Morgan fingerprint density at radius 2 is 1.97 bits per heavy atom. The summed E-state index contributed by atoms with van der Waals surface area (Å²) in [6.07, 6.45) is 8.85. The zero-order valence-electron chi connectivity index (χ0n) is 19.5. The molecule has 0 amide bonds. The van der Waals surface area contributed by atoms with Crippen LogP contribution < -0.4 is 0 Å². The molecule has 2 aromatic heterocycles. The number of hydrogen-bond acceptors (Lipinski definition) is 4. The first kappa shape index (κ1) is 23.4. The Bertz CT molecular complexity index is 1200. The summed E-state index contributed by atoms with van der Waals surface area (Å²) in [4.78, 5) is 17.9. The van der Waals surface area contributed by atoms with Crippen molar-refractivity contribution in [1.82, 2.24) is 9.38 Å². The molecule has 4 rings (SSSR count). The number of rotatable bonds is 11. The van der Waals surface area contributed by atoms with Crippen molar-refractivity contribution in [2.75, 3.05) is 12.4 Å². The summed E-state index contributed by atoms with van der Waals surface area (Å²) < 4.78 is 7.67. The third-order valence-electron chi connectivity index (χ3n) is 6.14. The van der Waals surface area contributed by atoms with E-state index in [-0.39, 0.29) is 5.97 Å². The Morgan fingerprint density at radius 3 is 2.76 bits per heavy atom. The number of fused-ring (bicyclic) bond motifs is 3. The number of thioether (sulfide) groups is 1. The van der Waals surface area contributed by atoms with Gasteiger partial charge in [0.25, 0.3) is 0 Å². The lowest BCUT2D eigenvalue weighted by molar-refractivity contribution is -0.144. The van der Waals surface area contributed by atoms with Crippen molar-refractivity contribution in [2.45, 2.75) is 50.8 Å². The van der Waals surface area contributed by atoms with Gasteiger partial charge in [-0.3, -0.25) is 9.20 Å². The molecule has 4 aromatic rings. The van der Waals surface area contributed by atoms with Gasteiger partial charge in [-0.15, -0.1) is 11.8 Å². The zero-order chi connectivity index (χ0) is 23.0. The van der Waals surface area contributed by atoms with Gasteiger partial charge in [-0.25, -0.2) is 4.98 Å². The fourth-order valence-corrected chi connectivity index (χ4v) is 5.01. The van der Waals surface area contributed by atoms with Gasteiger partial charge >= 0.3 is 5.97 Å². The van der Waals surface area contributed by atoms with E-state index in [1.165, 1.54) is 29.4 Å². The maximum absolute atomic E-state index is 12.2. The number of pyridine rings is 1. The second kappa shape index (κ2) is 11.4. The van der Waals surface area contributed by atoms with Gasteiger partial charge in [0, 0.05) is 28.4 Å². The molecule has 172 valence electrons. The second-order valence-electron chi connectivity index (χ2n) is 8.46. The predicted molar refractivity (Wildman–Crippen MR) is 138 cm³/mol. The lowest BCUT2D eigenvalue weighted by Gasteiger charge is -2.14. The molecule has 0 N–H and O–H groups in total. The molecule has 5 heteroatoms. The van der Waals surface area contributed by atoms with Crippen molar-refractivity contribution in [3.63, 3.8) is 0 Å². The van der Waals surface area contributed by atoms with E-state index in [1.807, 2.05) is 18.5 Å². The predicted octanol–water partition coefficient (Wildman–Crippen LogP) is 7.40. The van der Waals surface area contributed by atoms with Crippen LogP contribution in [-0.2, 0) is 9.53 Å². The van der Waals surface area contributed by atoms with E-state index in [4.69, 9.17) is 4.74 Å². The highest BCUT2D eigenvalue weighted by Crippen LogP contribution is 2.33. The first-order valence-electron chi connectivity index (χ1n) is 11.9. The summed E-state index contributed by atoms with van der Waals surface area (Å²) in [6.45, 7) is 4.92. The molecular weight excluding hydrogens is 428 g/mol. The van der Waals surface area contributed by atoms with E-state index in [0.717, 1.165) is 28.9 Å². The van der Waals surface area contributed by atoms with Crippen LogP contribution in [0.3, 0.4) is 0 Å². The molecule has 1 atom stereocenters. The van der Waals surface area contributed by atoms with Crippen LogP contribution in [0.25, 0.3) is 27.7 Å². The van der Waals surface area contributed by atoms with Crippen molar-refractivity contribution >= 4 is 34.3 Å². The van der Waals surface area contributed by atoms with Crippen LogP contribution in [0.4, 0.5) is 0 Å². The van der Waals surface area contributed by atoms with Gasteiger partial charge in [0.1, 0.15) is 5.65 Å². The van der Waals surface area contributed by atoms with Crippen LogP contribution in [0.2, 0.25) is 0 Å². The SMILES string of the molecule is CCCCC(CC)COC(=O)CCSc1ccc2c(-c3ccccc3)cc3nccn3c2c1. The molecule has 0 fully saturated rings. The molecule has 33 heavy (non-hydrogen) atoms. The van der Waals surface area contributed by atoms with Crippen LogP contribution in [0.15, 0.2) is 71.9 Å². The summed E-state index contributed by atoms with van der Waals surface area (Å²) in [5.74, 6) is 1.10. The molecular formula is C28H32N2O2S. The summed E-state index contributed by atoms with van der Waals surface area (Å²) >= 11 is 1.70. The average Bonchev–Trinajstić information content (AvgIpc) is 3.33. The minimum Gasteiger partial charge on any atom is -0.465 e. The van der Waals surface area contributed by atoms with Gasteiger partial charge in [-0.2, -0.15) is 0 Å². The molecule has 0 aliphatic heterocycles. The van der Waals surface area contributed by atoms with Crippen LogP contribution in [0, 0.1) is 5.92 Å². The lowest BCUT2D eigenvalue weighted by atomic mass is 10.0.